The molecule has 4 heterocycles. The van der Waals surface area contributed by atoms with Gasteiger partial charge in [-0.1, -0.05) is 45.0 Å². The molecule has 5 rings (SSSR count). The molecule has 14 atom stereocenters. The second-order valence-electron chi connectivity index (χ2n) is 17.6. The monoisotopic (exact) mass is 841 g/mol. The number of hydrogen-bond acceptors (Lipinski definition) is 15. The van der Waals surface area contributed by atoms with Crippen LogP contribution in [-0.2, 0) is 35.0 Å². The van der Waals surface area contributed by atoms with E-state index in [1.165, 1.54) is 0 Å². The van der Waals surface area contributed by atoms with Crippen molar-refractivity contribution in [1.29, 1.82) is 5.26 Å². The van der Waals surface area contributed by atoms with Crippen LogP contribution >= 0.6 is 0 Å². The summed E-state index contributed by atoms with van der Waals surface area (Å²) in [5.41, 5.74) is 5.96. The predicted molar refractivity (Wildman–Crippen MR) is 223 cm³/mol. The van der Waals surface area contributed by atoms with Crippen molar-refractivity contribution in [2.75, 3.05) is 32.5 Å². The van der Waals surface area contributed by atoms with E-state index in [2.05, 4.69) is 33.9 Å². The topological polar surface area (TPSA) is 229 Å². The molecule has 0 radical (unpaired) electrons. The van der Waals surface area contributed by atoms with Gasteiger partial charge in [-0.05, 0) is 84.4 Å². The third-order valence-corrected chi connectivity index (χ3v) is 12.8. The maximum atomic E-state index is 14.4. The quantitative estimate of drug-likeness (QED) is 0.117. The van der Waals surface area contributed by atoms with Gasteiger partial charge in [0.1, 0.15) is 23.7 Å². The van der Waals surface area contributed by atoms with Crippen LogP contribution < -0.4 is 16.4 Å². The number of nitrogens with two attached hydrogens (primary N) is 1. The van der Waals surface area contributed by atoms with Crippen LogP contribution in [0.5, 0.6) is 0 Å². The average molecular weight is 841 g/mol. The van der Waals surface area contributed by atoms with Gasteiger partial charge in [0.25, 0.3) is 0 Å². The van der Waals surface area contributed by atoms with Crippen LogP contribution in [0.1, 0.15) is 87.5 Å². The molecule has 4 unspecified atom stereocenters. The maximum Gasteiger partial charge on any atom is 0.410 e. The van der Waals surface area contributed by atoms with Gasteiger partial charge < -0.3 is 44.9 Å². The third-order valence-electron chi connectivity index (χ3n) is 12.8. The number of hydrogen-bond donors (Lipinski definition) is 5. The number of carbonyl (C=O) groups is 2. The molecule has 0 saturated carbocycles. The molecular formula is C43H68N8O9. The molecule has 6 N–H and O–H groups in total. The normalized spacial score (nSPS) is 37.1. The number of fused-ring (bicyclic) bond motifs is 1. The number of nitriles is 1. The molecule has 334 valence electrons. The number of unbranched alkanes of at least 4 members (excludes halogenated alkanes) is 1. The summed E-state index contributed by atoms with van der Waals surface area (Å²) < 4.78 is 33.4. The first kappa shape index (κ1) is 47.3. The van der Waals surface area contributed by atoms with Gasteiger partial charge in [0.05, 0.1) is 48.6 Å². The Morgan fingerprint density at radius 1 is 1.10 bits per heavy atom. The van der Waals surface area contributed by atoms with Gasteiger partial charge >= 0.3 is 6.09 Å². The summed E-state index contributed by atoms with van der Waals surface area (Å²) in [5, 5.41) is 47.6. The number of ether oxygens (including phenoxy) is 5. The summed E-state index contributed by atoms with van der Waals surface area (Å²) in [4.78, 5) is 30.0. The minimum absolute atomic E-state index is 0.0315. The number of nitrogens with one attached hydrogen (secondary N) is 2. The Morgan fingerprint density at radius 3 is 2.52 bits per heavy atom. The smallest absolute Gasteiger partial charge is 0.410 e. The number of benzene rings is 1. The summed E-state index contributed by atoms with van der Waals surface area (Å²) >= 11 is 0. The Labute approximate surface area is 354 Å². The van der Waals surface area contributed by atoms with Crippen molar-refractivity contribution < 1.29 is 43.5 Å². The van der Waals surface area contributed by atoms with Crippen molar-refractivity contribution in [2.24, 2.45) is 17.8 Å². The fourth-order valence-electron chi connectivity index (χ4n) is 9.46. The van der Waals surface area contributed by atoms with Crippen LogP contribution in [0.15, 0.2) is 30.5 Å². The van der Waals surface area contributed by atoms with Gasteiger partial charge in [-0.25, -0.2) is 4.79 Å². The van der Waals surface area contributed by atoms with Gasteiger partial charge in [0, 0.05) is 49.5 Å². The van der Waals surface area contributed by atoms with Crippen LogP contribution in [0.3, 0.4) is 0 Å². The Hall–Kier alpha value is -3.73. The van der Waals surface area contributed by atoms with Crippen molar-refractivity contribution in [3.8, 4) is 17.3 Å². The second-order valence-corrected chi connectivity index (χ2v) is 17.6. The number of anilines is 1. The van der Waals surface area contributed by atoms with E-state index >= 15 is 0 Å². The maximum absolute atomic E-state index is 14.4. The second kappa shape index (κ2) is 20.4. The molecule has 17 heteroatoms. The number of methoxy groups -OCH3 is 1. The molecule has 17 nitrogen and oxygen atoms in total. The zero-order chi connectivity index (χ0) is 43.9. The minimum Gasteiger partial charge on any atom is -0.438 e. The van der Waals surface area contributed by atoms with Crippen molar-refractivity contribution in [3.05, 3.63) is 30.5 Å². The molecule has 2 aromatic rings. The standard InChI is InChI=1S/C43H68N8O9/c1-10-34-43(8)37(51(41(55)60-43)19-12-11-18-50-24-33(48-49-50)30-14-13-15-31(45)21-30)29(6)47-23-25(2)22-42(7,56-9)38(27(4)35(52)28(5)39(54)58-34)59-40-36(53)32(46-17-16-44)20-26(3)57-40/h13-15,21,24-29,32,34,36-40,46-47,53-54H,10-12,17-20,22-23,45H2,1-9H3/t25-,26?,27+,28-,29-,32?,34-,36?,37-,38-,39?,40+,42-,43-/m1/s1. The fraction of sp³-hybridized carbons (Fsp3) is 0.744. The number of ketones is 1. The Bertz CT molecular complexity index is 1780. The van der Waals surface area contributed by atoms with E-state index < -0.39 is 72.1 Å². The SMILES string of the molecule is CC[C@H]1OC(O)[C@H](C)C(=O)[C@H](C)[C@@H](O[C@@H]2OC(C)CC(NCC#N)C2O)[C@](C)(OC)C[C@@H](C)CN[C@H](C)[C@H]2N(CCCCn3cc(-c4cccc(N)c4)nn3)C(=O)O[C@]12C. The molecule has 3 aliphatic rings. The number of aromatic nitrogens is 3. The zero-order valence-electron chi connectivity index (χ0n) is 36.7. The number of nitrogens with zero attached hydrogens (tertiary/aromatic N) is 5. The third kappa shape index (κ3) is 10.6. The molecule has 0 aliphatic carbocycles. The van der Waals surface area contributed by atoms with E-state index in [9.17, 15) is 25.1 Å². The lowest BCUT2D eigenvalue weighted by atomic mass is 9.78. The van der Waals surface area contributed by atoms with E-state index in [1.807, 2.05) is 65.1 Å². The van der Waals surface area contributed by atoms with Crippen LogP contribution in [-0.4, -0.2) is 135 Å². The molecule has 1 aromatic heterocycles. The van der Waals surface area contributed by atoms with E-state index in [0.29, 0.717) is 57.4 Å². The van der Waals surface area contributed by atoms with Crippen LogP contribution in [0.2, 0.25) is 0 Å². The fourth-order valence-corrected chi connectivity index (χ4v) is 9.46. The van der Waals surface area contributed by atoms with Gasteiger partial charge in [0.15, 0.2) is 18.2 Å². The summed E-state index contributed by atoms with van der Waals surface area (Å²) in [6.07, 6.45) is -1.74. The molecular weight excluding hydrogens is 773 g/mol. The number of aryl methyl sites for hydroxylation is 1. The van der Waals surface area contributed by atoms with Crippen LogP contribution in [0.25, 0.3) is 11.3 Å². The molecule has 1 amide bonds. The van der Waals surface area contributed by atoms with Gasteiger partial charge in [-0.15, -0.1) is 5.10 Å². The summed E-state index contributed by atoms with van der Waals surface area (Å²) in [5.74, 6) is -2.24. The molecule has 0 spiro atoms. The molecule has 3 fully saturated rings. The number of nitrogen functional groups attached to an aromatic ring is 1. The van der Waals surface area contributed by atoms with E-state index in [4.69, 9.17) is 29.4 Å². The average Bonchev–Trinajstić information content (AvgIpc) is 3.80. The van der Waals surface area contributed by atoms with Gasteiger partial charge in [-0.2, -0.15) is 5.26 Å². The minimum atomic E-state index is -1.55. The highest BCUT2D eigenvalue weighted by molar-refractivity contribution is 5.84. The number of aliphatic hydroxyl groups is 2. The largest absolute Gasteiger partial charge is 0.438 e. The lowest BCUT2D eigenvalue weighted by Crippen LogP contribution is -2.61. The van der Waals surface area contributed by atoms with Crippen molar-refractivity contribution in [3.63, 3.8) is 0 Å². The van der Waals surface area contributed by atoms with Gasteiger partial charge in [-0.3, -0.25) is 19.7 Å². The molecule has 0 bridgehead atoms. The first-order chi connectivity index (χ1) is 28.5. The Kier molecular flexibility index (Phi) is 16.1. The number of carbonyl (C=O) groups excluding carboxylic acids is 2. The molecule has 3 aliphatic heterocycles. The highest BCUT2D eigenvalue weighted by atomic mass is 16.7. The number of amides is 1. The lowest BCUT2D eigenvalue weighted by molar-refractivity contribution is -0.290. The van der Waals surface area contributed by atoms with Crippen molar-refractivity contribution >= 4 is 17.6 Å². The first-order valence-electron chi connectivity index (χ1n) is 21.5. The van der Waals surface area contributed by atoms with E-state index in [-0.39, 0.29) is 30.4 Å². The van der Waals surface area contributed by atoms with E-state index in [0.717, 1.165) is 11.3 Å². The molecule has 3 saturated heterocycles. The molecule has 60 heavy (non-hydrogen) atoms. The summed E-state index contributed by atoms with van der Waals surface area (Å²) in [7, 11) is 1.57. The molecule has 1 aromatic carbocycles. The predicted octanol–water partition coefficient (Wildman–Crippen LogP) is 3.63. The number of Topliss-reactive ketones (excluding diaryl/α,β-unsaturated/α-hetero) is 1. The first-order valence-corrected chi connectivity index (χ1v) is 21.5. The lowest BCUT2D eigenvalue weighted by Gasteiger charge is -2.46. The van der Waals surface area contributed by atoms with Gasteiger partial charge in [0.2, 0.25) is 0 Å². The zero-order valence-corrected chi connectivity index (χ0v) is 36.7. The highest BCUT2D eigenvalue weighted by Gasteiger charge is 2.58. The highest BCUT2D eigenvalue weighted by Crippen LogP contribution is 2.40. The van der Waals surface area contributed by atoms with E-state index in [1.54, 1.807) is 30.5 Å². The summed E-state index contributed by atoms with van der Waals surface area (Å²) in [6, 6.07) is 8.29. The van der Waals surface area contributed by atoms with Crippen molar-refractivity contribution in [2.45, 2.75) is 160 Å². The summed E-state index contributed by atoms with van der Waals surface area (Å²) in [6.45, 7) is 16.5. The van der Waals surface area contributed by atoms with Crippen LogP contribution in [0, 0.1) is 29.1 Å². The number of rotatable bonds is 12. The number of aliphatic hydroxyl groups excluding tert-OH is 2. The Balaban J connectivity index is 1.37. The Morgan fingerprint density at radius 2 is 1.83 bits per heavy atom. The van der Waals surface area contributed by atoms with Crippen LogP contribution in [0.4, 0.5) is 10.5 Å². The van der Waals surface area contributed by atoms with Crippen molar-refractivity contribution in [1.82, 2.24) is 30.5 Å².